The second-order valence-corrected chi connectivity index (χ2v) is 3.25. The van der Waals surface area contributed by atoms with Crippen LogP contribution in [0.4, 0.5) is 18.9 Å². The van der Waals surface area contributed by atoms with Crippen LogP contribution in [0.1, 0.15) is 0 Å². The number of amides is 2. The van der Waals surface area contributed by atoms with E-state index >= 15 is 0 Å². The van der Waals surface area contributed by atoms with Crippen molar-refractivity contribution in [3.05, 3.63) is 29.6 Å². The van der Waals surface area contributed by atoms with Crippen molar-refractivity contribution in [1.82, 2.24) is 5.32 Å². The van der Waals surface area contributed by atoms with Gasteiger partial charge in [0.15, 0.2) is 17.5 Å². The monoisotopic (exact) mass is 261 g/mol. The number of anilines is 1. The van der Waals surface area contributed by atoms with E-state index in [1.54, 1.807) is 0 Å². The molecule has 0 aliphatic rings. The first-order valence-electron chi connectivity index (χ1n) is 4.85. The number of hydrogen-bond donors (Lipinski definition) is 3. The third-order valence-corrected chi connectivity index (χ3v) is 1.94. The number of hydrogen-bond acceptors (Lipinski definition) is 3. The van der Waals surface area contributed by atoms with Crippen LogP contribution < -0.4 is 16.4 Å². The number of carbonyl (C=O) groups excluding carboxylic acids is 2. The molecule has 5 nitrogen and oxygen atoms in total. The molecule has 0 saturated carbocycles. The zero-order valence-corrected chi connectivity index (χ0v) is 9.10. The summed E-state index contributed by atoms with van der Waals surface area (Å²) in [6, 6.07) is 1.54. The maximum Gasteiger partial charge on any atom is 0.243 e. The van der Waals surface area contributed by atoms with Gasteiger partial charge in [0, 0.05) is 0 Å². The molecule has 0 saturated heterocycles. The first-order chi connectivity index (χ1) is 8.45. The number of halogens is 3. The fourth-order valence-corrected chi connectivity index (χ4v) is 1.07. The van der Waals surface area contributed by atoms with Crippen LogP contribution in [0.2, 0.25) is 0 Å². The Bertz CT molecular complexity index is 480. The van der Waals surface area contributed by atoms with Crippen molar-refractivity contribution in [2.24, 2.45) is 5.73 Å². The highest BCUT2D eigenvalue weighted by Crippen LogP contribution is 2.19. The van der Waals surface area contributed by atoms with E-state index in [4.69, 9.17) is 5.73 Å². The zero-order valence-electron chi connectivity index (χ0n) is 9.10. The lowest BCUT2D eigenvalue weighted by Crippen LogP contribution is -2.36. The molecule has 0 spiro atoms. The topological polar surface area (TPSA) is 84.2 Å². The molecular formula is C10H10F3N3O2. The van der Waals surface area contributed by atoms with Gasteiger partial charge < -0.3 is 16.4 Å². The van der Waals surface area contributed by atoms with Crippen molar-refractivity contribution < 1.29 is 22.8 Å². The minimum Gasteiger partial charge on any atom is -0.346 e. The van der Waals surface area contributed by atoms with Gasteiger partial charge in [-0.05, 0) is 12.1 Å². The molecule has 0 aliphatic heterocycles. The number of nitrogens with two attached hydrogens (primary N) is 1. The molecular weight excluding hydrogens is 251 g/mol. The van der Waals surface area contributed by atoms with Crippen molar-refractivity contribution in [2.75, 3.05) is 18.4 Å². The van der Waals surface area contributed by atoms with E-state index in [0.717, 1.165) is 6.07 Å². The molecule has 0 atom stereocenters. The zero-order chi connectivity index (χ0) is 13.7. The van der Waals surface area contributed by atoms with Crippen molar-refractivity contribution in [3.63, 3.8) is 0 Å². The van der Waals surface area contributed by atoms with Crippen molar-refractivity contribution in [2.45, 2.75) is 0 Å². The molecule has 1 rings (SSSR count). The van der Waals surface area contributed by atoms with E-state index in [-0.39, 0.29) is 6.54 Å². The SMILES string of the molecule is NCC(=O)NCC(=O)Nc1ccc(F)c(F)c1F. The van der Waals surface area contributed by atoms with Crippen LogP contribution in [0.25, 0.3) is 0 Å². The van der Waals surface area contributed by atoms with Gasteiger partial charge in [-0.3, -0.25) is 9.59 Å². The average Bonchev–Trinajstić information content (AvgIpc) is 2.36. The van der Waals surface area contributed by atoms with Crippen molar-refractivity contribution in [3.8, 4) is 0 Å². The summed E-state index contributed by atoms with van der Waals surface area (Å²) in [5.74, 6) is -5.91. The second kappa shape index (κ2) is 6.01. The molecule has 2 amide bonds. The van der Waals surface area contributed by atoms with Crippen LogP contribution >= 0.6 is 0 Å². The van der Waals surface area contributed by atoms with E-state index in [1.165, 1.54) is 0 Å². The van der Waals surface area contributed by atoms with E-state index in [1.807, 2.05) is 5.32 Å². The maximum absolute atomic E-state index is 13.2. The first kappa shape index (κ1) is 14.0. The summed E-state index contributed by atoms with van der Waals surface area (Å²) in [5.41, 5.74) is 4.46. The summed E-state index contributed by atoms with van der Waals surface area (Å²) in [6.07, 6.45) is 0. The van der Waals surface area contributed by atoms with Gasteiger partial charge in [0.05, 0.1) is 18.8 Å². The first-order valence-corrected chi connectivity index (χ1v) is 4.85. The minimum absolute atomic E-state index is 0.299. The van der Waals surface area contributed by atoms with Gasteiger partial charge in [0.25, 0.3) is 0 Å². The highest BCUT2D eigenvalue weighted by atomic mass is 19.2. The van der Waals surface area contributed by atoms with Crippen molar-refractivity contribution in [1.29, 1.82) is 0 Å². The Balaban J connectivity index is 2.65. The van der Waals surface area contributed by atoms with Gasteiger partial charge in [0.2, 0.25) is 11.8 Å². The molecule has 0 bridgehead atoms. The van der Waals surface area contributed by atoms with Gasteiger partial charge in [-0.1, -0.05) is 0 Å². The van der Waals surface area contributed by atoms with Crippen LogP contribution in [-0.2, 0) is 9.59 Å². The van der Waals surface area contributed by atoms with Crippen LogP contribution in [-0.4, -0.2) is 24.9 Å². The Labute approximate surface area is 100 Å². The largest absolute Gasteiger partial charge is 0.346 e. The minimum atomic E-state index is -1.68. The Morgan fingerprint density at radius 3 is 2.39 bits per heavy atom. The van der Waals surface area contributed by atoms with E-state index in [9.17, 15) is 22.8 Å². The molecule has 0 heterocycles. The Morgan fingerprint density at radius 2 is 1.78 bits per heavy atom. The van der Waals surface area contributed by atoms with Gasteiger partial charge in [0.1, 0.15) is 0 Å². The molecule has 8 heteroatoms. The Kier molecular flexibility index (Phi) is 4.67. The van der Waals surface area contributed by atoms with E-state index in [2.05, 4.69) is 5.32 Å². The Hall–Kier alpha value is -2.09. The second-order valence-electron chi connectivity index (χ2n) is 3.25. The third kappa shape index (κ3) is 3.45. The molecule has 0 fully saturated rings. The van der Waals surface area contributed by atoms with Gasteiger partial charge in [-0.25, -0.2) is 13.2 Å². The third-order valence-electron chi connectivity index (χ3n) is 1.94. The summed E-state index contributed by atoms with van der Waals surface area (Å²) in [4.78, 5) is 22.0. The lowest BCUT2D eigenvalue weighted by Gasteiger charge is -2.07. The quantitative estimate of drug-likeness (QED) is 0.673. The van der Waals surface area contributed by atoms with Crippen LogP contribution in [0, 0.1) is 17.5 Å². The highest BCUT2D eigenvalue weighted by molar-refractivity contribution is 5.94. The summed E-state index contributed by atoms with van der Waals surface area (Å²) >= 11 is 0. The summed E-state index contributed by atoms with van der Waals surface area (Å²) in [7, 11) is 0. The smallest absolute Gasteiger partial charge is 0.243 e. The number of nitrogens with one attached hydrogen (secondary N) is 2. The standard InChI is InChI=1S/C10H10F3N3O2/c11-5-1-2-6(10(13)9(5)12)16-8(18)4-15-7(17)3-14/h1-2H,3-4,14H2,(H,15,17)(H,16,18). The lowest BCUT2D eigenvalue weighted by atomic mass is 10.2. The number of benzene rings is 1. The maximum atomic E-state index is 13.2. The normalized spacial score (nSPS) is 10.0. The fourth-order valence-electron chi connectivity index (χ4n) is 1.07. The molecule has 1 aromatic carbocycles. The Morgan fingerprint density at radius 1 is 1.11 bits per heavy atom. The predicted molar refractivity (Wildman–Crippen MR) is 57.0 cm³/mol. The highest BCUT2D eigenvalue weighted by Gasteiger charge is 2.15. The van der Waals surface area contributed by atoms with E-state index in [0.29, 0.717) is 6.07 Å². The predicted octanol–water partition coefficient (Wildman–Crippen LogP) is 0.117. The summed E-state index contributed by atoms with van der Waals surface area (Å²) in [5, 5.41) is 4.11. The molecule has 4 N–H and O–H groups in total. The van der Waals surface area contributed by atoms with Crippen LogP contribution in [0.5, 0.6) is 0 Å². The molecule has 1 aromatic rings. The van der Waals surface area contributed by atoms with Crippen molar-refractivity contribution >= 4 is 17.5 Å². The van der Waals surface area contributed by atoms with Crippen LogP contribution in [0.15, 0.2) is 12.1 Å². The molecule has 98 valence electrons. The number of rotatable bonds is 4. The van der Waals surface area contributed by atoms with Gasteiger partial charge >= 0.3 is 0 Å². The fraction of sp³-hybridized carbons (Fsp3) is 0.200. The molecule has 0 aromatic heterocycles. The summed E-state index contributed by atoms with van der Waals surface area (Å²) < 4.78 is 38.6. The van der Waals surface area contributed by atoms with Gasteiger partial charge in [-0.15, -0.1) is 0 Å². The number of carbonyl (C=O) groups is 2. The molecule has 0 radical (unpaired) electrons. The molecule has 18 heavy (non-hydrogen) atoms. The van der Waals surface area contributed by atoms with E-state index < -0.39 is 41.5 Å². The average molecular weight is 261 g/mol. The lowest BCUT2D eigenvalue weighted by molar-refractivity contribution is -0.123. The summed E-state index contributed by atoms with van der Waals surface area (Å²) in [6.45, 7) is -0.749. The molecule has 0 aliphatic carbocycles. The van der Waals surface area contributed by atoms with Gasteiger partial charge in [-0.2, -0.15) is 0 Å². The van der Waals surface area contributed by atoms with Crippen LogP contribution in [0.3, 0.4) is 0 Å². The molecule has 0 unspecified atom stereocenters.